The van der Waals surface area contributed by atoms with Crippen molar-refractivity contribution in [1.29, 1.82) is 0 Å². The van der Waals surface area contributed by atoms with Gasteiger partial charge < -0.3 is 25.3 Å². The second-order valence-corrected chi connectivity index (χ2v) is 8.68. The van der Waals surface area contributed by atoms with Gasteiger partial charge in [0.25, 0.3) is 0 Å². The largest absolute Gasteiger partial charge is 0.444 e. The van der Waals surface area contributed by atoms with Gasteiger partial charge in [-0.05, 0) is 59.4 Å². The zero-order valence-electron chi connectivity index (χ0n) is 20.5. The Hall–Kier alpha value is -1.78. The summed E-state index contributed by atoms with van der Waals surface area (Å²) in [6.45, 7) is 14.3. The minimum absolute atomic E-state index is 0. The summed E-state index contributed by atoms with van der Waals surface area (Å²) in [6, 6.07) is 5.20. The molecule has 184 valence electrons. The number of hydrogen-bond donors (Lipinski definition) is 3. The fourth-order valence-electron chi connectivity index (χ4n) is 3.04. The van der Waals surface area contributed by atoms with E-state index >= 15 is 0 Å². The molecule has 0 radical (unpaired) electrons. The predicted octanol–water partition coefficient (Wildman–Crippen LogP) is 3.89. The van der Waals surface area contributed by atoms with Crippen LogP contribution in [0.4, 0.5) is 4.79 Å². The van der Waals surface area contributed by atoms with Gasteiger partial charge in [-0.25, -0.2) is 4.79 Å². The SMILES string of the molecule is CCNC(=NCC(CC)(CC)NC(=O)OC(C)(C)C)NCCCCn1ccccc1=O.I. The molecule has 0 aromatic carbocycles. The second kappa shape index (κ2) is 15.1. The van der Waals surface area contributed by atoms with Crippen molar-refractivity contribution in [2.75, 3.05) is 19.6 Å². The molecule has 0 aliphatic heterocycles. The normalized spacial score (nSPS) is 12.0. The number of amides is 1. The first-order valence-corrected chi connectivity index (χ1v) is 11.3. The van der Waals surface area contributed by atoms with Gasteiger partial charge in [0.15, 0.2) is 5.96 Å². The maximum atomic E-state index is 12.3. The van der Waals surface area contributed by atoms with E-state index in [0.717, 1.165) is 44.7 Å². The van der Waals surface area contributed by atoms with Crippen LogP contribution in [0.2, 0.25) is 0 Å². The van der Waals surface area contributed by atoms with E-state index < -0.39 is 17.2 Å². The summed E-state index contributed by atoms with van der Waals surface area (Å²) in [6.07, 6.45) is 4.70. The lowest BCUT2D eigenvalue weighted by molar-refractivity contribution is 0.0452. The number of hydrogen-bond acceptors (Lipinski definition) is 4. The molecule has 0 unspecified atom stereocenters. The van der Waals surface area contributed by atoms with Crippen molar-refractivity contribution in [2.24, 2.45) is 4.99 Å². The molecule has 0 fully saturated rings. The van der Waals surface area contributed by atoms with Gasteiger partial charge in [-0.1, -0.05) is 19.9 Å². The Morgan fingerprint density at radius 3 is 2.34 bits per heavy atom. The number of pyridine rings is 1. The highest BCUT2D eigenvalue weighted by molar-refractivity contribution is 14.0. The van der Waals surface area contributed by atoms with Gasteiger partial charge >= 0.3 is 6.09 Å². The fourth-order valence-corrected chi connectivity index (χ4v) is 3.04. The molecule has 0 spiro atoms. The van der Waals surface area contributed by atoms with Gasteiger partial charge in [0.1, 0.15) is 5.60 Å². The van der Waals surface area contributed by atoms with Crippen LogP contribution in [0, 0.1) is 0 Å². The van der Waals surface area contributed by atoms with E-state index in [-0.39, 0.29) is 29.5 Å². The summed E-state index contributed by atoms with van der Waals surface area (Å²) >= 11 is 0. The highest BCUT2D eigenvalue weighted by Crippen LogP contribution is 2.17. The molecular formula is C23H42IN5O3. The number of ether oxygens (including phenoxy) is 1. The van der Waals surface area contributed by atoms with Crippen LogP contribution in [0.3, 0.4) is 0 Å². The van der Waals surface area contributed by atoms with Gasteiger partial charge in [-0.15, -0.1) is 24.0 Å². The summed E-state index contributed by atoms with van der Waals surface area (Å²) in [5.74, 6) is 0.719. The summed E-state index contributed by atoms with van der Waals surface area (Å²) in [5, 5.41) is 9.62. The van der Waals surface area contributed by atoms with E-state index in [0.29, 0.717) is 13.1 Å². The Kier molecular flexibility index (Phi) is 14.3. The Balaban J connectivity index is 0.00000961. The Morgan fingerprint density at radius 2 is 1.78 bits per heavy atom. The molecule has 1 aromatic heterocycles. The lowest BCUT2D eigenvalue weighted by Crippen LogP contribution is -2.52. The van der Waals surface area contributed by atoms with Gasteiger partial charge in [0, 0.05) is 31.9 Å². The van der Waals surface area contributed by atoms with Crippen molar-refractivity contribution < 1.29 is 9.53 Å². The third-order valence-electron chi connectivity index (χ3n) is 5.02. The van der Waals surface area contributed by atoms with E-state index in [2.05, 4.69) is 16.0 Å². The summed E-state index contributed by atoms with van der Waals surface area (Å²) in [4.78, 5) is 28.8. The number of alkyl carbamates (subject to hydrolysis) is 1. The number of carbonyl (C=O) groups is 1. The number of nitrogens with zero attached hydrogens (tertiary/aromatic N) is 2. The lowest BCUT2D eigenvalue weighted by atomic mass is 9.93. The quantitative estimate of drug-likeness (QED) is 0.164. The first-order valence-electron chi connectivity index (χ1n) is 11.3. The van der Waals surface area contributed by atoms with Crippen LogP contribution in [0.15, 0.2) is 34.2 Å². The summed E-state index contributed by atoms with van der Waals surface area (Å²) < 4.78 is 7.15. The molecule has 1 aromatic rings. The van der Waals surface area contributed by atoms with Gasteiger partial charge in [-0.3, -0.25) is 9.79 Å². The molecule has 1 amide bonds. The van der Waals surface area contributed by atoms with E-state index in [1.165, 1.54) is 0 Å². The third-order valence-corrected chi connectivity index (χ3v) is 5.02. The first-order chi connectivity index (χ1) is 14.6. The molecule has 0 atom stereocenters. The lowest BCUT2D eigenvalue weighted by Gasteiger charge is -2.32. The smallest absolute Gasteiger partial charge is 0.408 e. The van der Waals surface area contributed by atoms with Crippen molar-refractivity contribution >= 4 is 36.0 Å². The van der Waals surface area contributed by atoms with Gasteiger partial charge in [0.2, 0.25) is 5.56 Å². The van der Waals surface area contributed by atoms with Crippen LogP contribution in [-0.4, -0.2) is 47.4 Å². The Labute approximate surface area is 210 Å². The van der Waals surface area contributed by atoms with Crippen molar-refractivity contribution in [3.63, 3.8) is 0 Å². The van der Waals surface area contributed by atoms with Crippen LogP contribution < -0.4 is 21.5 Å². The number of guanidine groups is 1. The number of aliphatic imine (C=N–C) groups is 1. The van der Waals surface area contributed by atoms with Crippen molar-refractivity contribution in [3.8, 4) is 0 Å². The molecule has 0 bridgehead atoms. The van der Waals surface area contributed by atoms with Crippen molar-refractivity contribution in [2.45, 2.75) is 84.9 Å². The Morgan fingerprint density at radius 1 is 1.09 bits per heavy atom. The van der Waals surface area contributed by atoms with E-state index in [9.17, 15) is 9.59 Å². The zero-order chi connectivity index (χ0) is 23.3. The average molecular weight is 564 g/mol. The highest BCUT2D eigenvalue weighted by Gasteiger charge is 2.30. The molecule has 0 saturated heterocycles. The Bertz CT molecular complexity index is 754. The molecule has 9 heteroatoms. The molecule has 1 heterocycles. The first kappa shape index (κ1) is 30.2. The van der Waals surface area contributed by atoms with Crippen LogP contribution >= 0.6 is 24.0 Å². The average Bonchev–Trinajstić information content (AvgIpc) is 2.70. The summed E-state index contributed by atoms with van der Waals surface area (Å²) in [5.41, 5.74) is -0.973. The number of nitrogens with one attached hydrogen (secondary N) is 3. The third kappa shape index (κ3) is 11.7. The number of unbranched alkanes of at least 4 members (excludes halogenated alkanes) is 1. The molecule has 0 saturated carbocycles. The molecule has 8 nitrogen and oxygen atoms in total. The van der Waals surface area contributed by atoms with E-state index in [1.54, 1.807) is 16.7 Å². The van der Waals surface area contributed by atoms with Crippen LogP contribution in [-0.2, 0) is 11.3 Å². The van der Waals surface area contributed by atoms with Gasteiger partial charge in [-0.2, -0.15) is 0 Å². The van der Waals surface area contributed by atoms with Gasteiger partial charge in [0.05, 0.1) is 12.1 Å². The zero-order valence-corrected chi connectivity index (χ0v) is 22.8. The predicted molar refractivity (Wildman–Crippen MR) is 142 cm³/mol. The van der Waals surface area contributed by atoms with Crippen LogP contribution in [0.1, 0.15) is 67.2 Å². The molecule has 1 rings (SSSR count). The van der Waals surface area contributed by atoms with Crippen molar-refractivity contribution in [1.82, 2.24) is 20.5 Å². The fraction of sp³-hybridized carbons (Fsp3) is 0.696. The van der Waals surface area contributed by atoms with E-state index in [4.69, 9.17) is 9.73 Å². The van der Waals surface area contributed by atoms with Crippen molar-refractivity contribution in [3.05, 3.63) is 34.7 Å². The molecular weight excluding hydrogens is 521 g/mol. The molecule has 0 aliphatic rings. The van der Waals surface area contributed by atoms with Crippen LogP contribution in [0.5, 0.6) is 0 Å². The second-order valence-electron chi connectivity index (χ2n) is 8.68. The maximum absolute atomic E-state index is 12.3. The monoisotopic (exact) mass is 563 g/mol. The molecule has 32 heavy (non-hydrogen) atoms. The number of rotatable bonds is 11. The highest BCUT2D eigenvalue weighted by atomic mass is 127. The standard InChI is InChI=1S/C23H41N5O3.HI/c1-7-23(8-2,27-21(30)31-22(4,5)6)18-26-20(24-9-3)25-15-11-13-17-28-16-12-10-14-19(28)29;/h10,12,14,16H,7-9,11,13,15,17-18H2,1-6H3,(H,27,30)(H2,24,25,26);1H. The molecule has 3 N–H and O–H groups in total. The topological polar surface area (TPSA) is 96.8 Å². The minimum Gasteiger partial charge on any atom is -0.444 e. The number of aromatic nitrogens is 1. The molecule has 0 aliphatic carbocycles. The number of aryl methyl sites for hydroxylation is 1. The summed E-state index contributed by atoms with van der Waals surface area (Å²) in [7, 11) is 0. The van der Waals surface area contributed by atoms with Crippen LogP contribution in [0.25, 0.3) is 0 Å². The number of halogens is 1. The van der Waals surface area contributed by atoms with E-state index in [1.807, 2.05) is 53.8 Å². The minimum atomic E-state index is -0.540. The number of carbonyl (C=O) groups excluding carboxylic acids is 1. The maximum Gasteiger partial charge on any atom is 0.408 e.